The van der Waals surface area contributed by atoms with Crippen LogP contribution >= 0.6 is 22.9 Å². The van der Waals surface area contributed by atoms with Gasteiger partial charge in [0, 0.05) is 16.3 Å². The molecule has 0 saturated heterocycles. The summed E-state index contributed by atoms with van der Waals surface area (Å²) in [6, 6.07) is 5.33. The third-order valence-electron chi connectivity index (χ3n) is 4.78. The summed E-state index contributed by atoms with van der Waals surface area (Å²) in [6.07, 6.45) is 0.907. The van der Waals surface area contributed by atoms with Gasteiger partial charge in [-0.15, -0.1) is 11.3 Å². The molecule has 1 aromatic carbocycles. The zero-order valence-corrected chi connectivity index (χ0v) is 19.7. The van der Waals surface area contributed by atoms with Crippen LogP contribution in [0.3, 0.4) is 0 Å². The van der Waals surface area contributed by atoms with Gasteiger partial charge < -0.3 is 14.8 Å². The molecule has 0 unspecified atom stereocenters. The Balaban J connectivity index is 1.63. The Morgan fingerprint density at radius 2 is 2.06 bits per heavy atom. The number of esters is 1. The molecule has 10 heteroatoms. The monoisotopic (exact) mass is 485 g/mol. The van der Waals surface area contributed by atoms with Crippen LogP contribution in [0.1, 0.15) is 46.1 Å². The minimum atomic E-state index is -3.20. The maximum atomic E-state index is 12.5. The van der Waals surface area contributed by atoms with Crippen molar-refractivity contribution < 1.29 is 27.5 Å². The SMILES string of the molecule is CCOC(=O)c1c(NC(=O)CCCOc2ccc(Cl)cc2C)sc2c1CCS(=O)(=O)C2. The third-order valence-corrected chi connectivity index (χ3v) is 7.90. The summed E-state index contributed by atoms with van der Waals surface area (Å²) in [7, 11) is -3.20. The van der Waals surface area contributed by atoms with Gasteiger partial charge in [0.2, 0.25) is 5.91 Å². The number of carbonyl (C=O) groups excluding carboxylic acids is 2. The average molecular weight is 486 g/mol. The number of halogens is 1. The molecular formula is C21H24ClNO6S2. The number of ether oxygens (including phenoxy) is 2. The van der Waals surface area contributed by atoms with E-state index >= 15 is 0 Å². The summed E-state index contributed by atoms with van der Waals surface area (Å²) in [5, 5.41) is 3.74. The number of fused-ring (bicyclic) bond motifs is 1. The number of thiophene rings is 1. The first-order valence-corrected chi connectivity index (χ1v) is 12.9. The Hall–Kier alpha value is -2.10. The first-order valence-electron chi connectivity index (χ1n) is 9.91. The van der Waals surface area contributed by atoms with Gasteiger partial charge in [0.25, 0.3) is 0 Å². The van der Waals surface area contributed by atoms with Crippen LogP contribution in [-0.2, 0) is 31.5 Å². The number of aryl methyl sites for hydroxylation is 1. The van der Waals surface area contributed by atoms with E-state index < -0.39 is 15.8 Å². The van der Waals surface area contributed by atoms with Gasteiger partial charge in [-0.05, 0) is 56.0 Å². The lowest BCUT2D eigenvalue weighted by Crippen LogP contribution is -2.20. The van der Waals surface area contributed by atoms with Gasteiger partial charge in [-0.3, -0.25) is 4.79 Å². The van der Waals surface area contributed by atoms with Gasteiger partial charge in [0.15, 0.2) is 9.84 Å². The number of benzene rings is 1. The van der Waals surface area contributed by atoms with Gasteiger partial charge in [-0.2, -0.15) is 0 Å². The fraction of sp³-hybridized carbons (Fsp3) is 0.429. The van der Waals surface area contributed by atoms with Crippen molar-refractivity contribution in [2.75, 3.05) is 24.3 Å². The van der Waals surface area contributed by atoms with Crippen LogP contribution in [0.4, 0.5) is 5.00 Å². The number of hydrogen-bond acceptors (Lipinski definition) is 7. The van der Waals surface area contributed by atoms with E-state index in [1.807, 2.05) is 6.92 Å². The number of sulfone groups is 1. The van der Waals surface area contributed by atoms with Gasteiger partial charge in [0.05, 0.1) is 30.3 Å². The normalized spacial score (nSPS) is 14.5. The van der Waals surface area contributed by atoms with Crippen LogP contribution < -0.4 is 10.1 Å². The molecule has 0 bridgehead atoms. The lowest BCUT2D eigenvalue weighted by atomic mass is 10.1. The van der Waals surface area contributed by atoms with Crippen molar-refractivity contribution in [2.24, 2.45) is 0 Å². The number of nitrogens with one attached hydrogen (secondary N) is 1. The molecule has 0 aliphatic carbocycles. The fourth-order valence-electron chi connectivity index (χ4n) is 3.31. The van der Waals surface area contributed by atoms with Gasteiger partial charge >= 0.3 is 5.97 Å². The van der Waals surface area contributed by atoms with Crippen LogP contribution in [0.2, 0.25) is 5.02 Å². The summed E-state index contributed by atoms with van der Waals surface area (Å²) in [6.45, 7) is 4.13. The summed E-state index contributed by atoms with van der Waals surface area (Å²) >= 11 is 7.06. The van der Waals surface area contributed by atoms with E-state index in [1.54, 1.807) is 25.1 Å². The molecule has 31 heavy (non-hydrogen) atoms. The van der Waals surface area contributed by atoms with Crippen molar-refractivity contribution in [1.29, 1.82) is 0 Å². The van der Waals surface area contributed by atoms with Crippen molar-refractivity contribution in [3.8, 4) is 5.75 Å². The molecule has 0 saturated carbocycles. The average Bonchev–Trinajstić information content (AvgIpc) is 3.02. The Morgan fingerprint density at radius 1 is 1.29 bits per heavy atom. The molecule has 3 rings (SSSR count). The van der Waals surface area contributed by atoms with Crippen LogP contribution in [0, 0.1) is 6.92 Å². The number of rotatable bonds is 8. The predicted octanol–water partition coefficient (Wildman–Crippen LogP) is 4.16. The highest BCUT2D eigenvalue weighted by molar-refractivity contribution is 7.90. The van der Waals surface area contributed by atoms with Crippen LogP contribution in [0.5, 0.6) is 5.75 Å². The molecule has 0 radical (unpaired) electrons. The van der Waals surface area contributed by atoms with Crippen molar-refractivity contribution in [2.45, 2.75) is 38.9 Å². The quantitative estimate of drug-likeness (QED) is 0.445. The summed E-state index contributed by atoms with van der Waals surface area (Å²) < 4.78 is 34.8. The van der Waals surface area contributed by atoms with E-state index in [9.17, 15) is 18.0 Å². The second-order valence-electron chi connectivity index (χ2n) is 7.18. The highest BCUT2D eigenvalue weighted by Crippen LogP contribution is 2.38. The lowest BCUT2D eigenvalue weighted by Gasteiger charge is -2.13. The van der Waals surface area contributed by atoms with E-state index in [4.69, 9.17) is 21.1 Å². The first kappa shape index (κ1) is 23.6. The number of amides is 1. The molecule has 0 spiro atoms. The molecule has 0 fully saturated rings. The molecule has 2 aromatic rings. The van der Waals surface area contributed by atoms with E-state index in [1.165, 1.54) is 0 Å². The van der Waals surface area contributed by atoms with Crippen LogP contribution in [0.15, 0.2) is 18.2 Å². The van der Waals surface area contributed by atoms with Gasteiger partial charge in [-0.25, -0.2) is 13.2 Å². The van der Waals surface area contributed by atoms with E-state index in [0.717, 1.165) is 16.9 Å². The second-order valence-corrected chi connectivity index (χ2v) is 10.9. The second kappa shape index (κ2) is 10.0. The first-order chi connectivity index (χ1) is 14.7. The van der Waals surface area contributed by atoms with Crippen molar-refractivity contribution in [3.05, 3.63) is 44.8 Å². The Kier molecular flexibility index (Phi) is 7.61. The molecular weight excluding hydrogens is 462 g/mol. The van der Waals surface area contributed by atoms with Crippen molar-refractivity contribution >= 4 is 49.7 Å². The molecule has 7 nitrogen and oxygen atoms in total. The minimum absolute atomic E-state index is 0.0159. The number of carbonyl (C=O) groups is 2. The molecule has 2 heterocycles. The van der Waals surface area contributed by atoms with Gasteiger partial charge in [-0.1, -0.05) is 11.6 Å². The summed E-state index contributed by atoms with van der Waals surface area (Å²) in [4.78, 5) is 25.5. The zero-order chi connectivity index (χ0) is 22.6. The van der Waals surface area contributed by atoms with Crippen LogP contribution in [0.25, 0.3) is 0 Å². The maximum absolute atomic E-state index is 12.5. The van der Waals surface area contributed by atoms with Crippen molar-refractivity contribution in [3.63, 3.8) is 0 Å². The molecule has 1 aromatic heterocycles. The Labute approximate surface area is 190 Å². The molecule has 1 aliphatic rings. The highest BCUT2D eigenvalue weighted by Gasteiger charge is 2.31. The number of hydrogen-bond donors (Lipinski definition) is 1. The fourth-order valence-corrected chi connectivity index (χ4v) is 6.59. The molecule has 1 amide bonds. The standard InChI is InChI=1S/C21H24ClNO6S2/c1-3-28-21(25)19-15-8-10-31(26,27)12-17(15)30-20(19)23-18(24)5-4-9-29-16-7-6-14(22)11-13(16)2/h6-7,11H,3-5,8-10,12H2,1-2H3,(H,23,24). The molecule has 0 atom stereocenters. The predicted molar refractivity (Wildman–Crippen MR) is 121 cm³/mol. The smallest absolute Gasteiger partial charge is 0.341 e. The topological polar surface area (TPSA) is 98.8 Å². The summed E-state index contributed by atoms with van der Waals surface area (Å²) in [5.41, 5.74) is 1.85. The molecule has 168 valence electrons. The third kappa shape index (κ3) is 5.99. The largest absolute Gasteiger partial charge is 0.493 e. The van der Waals surface area contributed by atoms with E-state index in [0.29, 0.717) is 39.2 Å². The lowest BCUT2D eigenvalue weighted by molar-refractivity contribution is -0.116. The maximum Gasteiger partial charge on any atom is 0.341 e. The van der Waals surface area contributed by atoms with Gasteiger partial charge in [0.1, 0.15) is 10.8 Å². The van der Waals surface area contributed by atoms with Crippen LogP contribution in [-0.4, -0.2) is 39.3 Å². The minimum Gasteiger partial charge on any atom is -0.493 e. The summed E-state index contributed by atoms with van der Waals surface area (Å²) in [5.74, 6) is -0.247. The molecule has 1 aliphatic heterocycles. The van der Waals surface area contributed by atoms with E-state index in [-0.39, 0.29) is 42.4 Å². The zero-order valence-electron chi connectivity index (χ0n) is 17.3. The highest BCUT2D eigenvalue weighted by atomic mass is 35.5. The molecule has 1 N–H and O–H groups in total. The number of anilines is 1. The Morgan fingerprint density at radius 3 is 2.77 bits per heavy atom. The van der Waals surface area contributed by atoms with E-state index in [2.05, 4.69) is 5.32 Å². The van der Waals surface area contributed by atoms with Crippen molar-refractivity contribution in [1.82, 2.24) is 0 Å². The Bertz CT molecular complexity index is 1090.